The molecule has 25 heavy (non-hydrogen) atoms. The summed E-state index contributed by atoms with van der Waals surface area (Å²) in [6.07, 6.45) is -3.51. The molecule has 0 heterocycles. The number of halogens is 6. The SMILES string of the molecule is C=S(CC(F)(F)F)c1cc(OCCCCSC(F)(F)F)c(C)cc1C. The normalized spacial score (nSPS) is 13.8. The third kappa shape index (κ3) is 8.89. The Bertz CT molecular complexity index is 596. The summed E-state index contributed by atoms with van der Waals surface area (Å²) in [5.74, 6) is 3.03. The van der Waals surface area contributed by atoms with Crippen LogP contribution in [-0.4, -0.2) is 35.7 Å². The van der Waals surface area contributed by atoms with E-state index in [4.69, 9.17) is 4.74 Å². The molecule has 0 aliphatic carbocycles. The Hall–Kier alpha value is -0.830. The van der Waals surface area contributed by atoms with Crippen molar-refractivity contribution in [3.63, 3.8) is 0 Å². The van der Waals surface area contributed by atoms with E-state index in [0.29, 0.717) is 29.1 Å². The Kier molecular flexibility index (Phi) is 8.18. The molecular weight excluding hydrogens is 386 g/mol. The molecule has 1 rings (SSSR count). The number of rotatable bonds is 8. The number of unbranched alkanes of at least 4 members (excludes halogenated alkanes) is 1. The van der Waals surface area contributed by atoms with Crippen molar-refractivity contribution in [1.29, 1.82) is 0 Å². The van der Waals surface area contributed by atoms with Crippen molar-refractivity contribution in [2.45, 2.75) is 43.3 Å². The van der Waals surface area contributed by atoms with Crippen LogP contribution in [0.2, 0.25) is 0 Å². The Morgan fingerprint density at radius 2 is 1.68 bits per heavy atom. The lowest BCUT2D eigenvalue weighted by atomic mass is 10.1. The Labute approximate surface area is 150 Å². The fraction of sp³-hybridized carbons (Fsp3) is 0.562. The molecule has 0 saturated heterocycles. The van der Waals surface area contributed by atoms with Crippen LogP contribution in [0.3, 0.4) is 0 Å². The Morgan fingerprint density at radius 3 is 2.24 bits per heavy atom. The summed E-state index contributed by atoms with van der Waals surface area (Å²) in [6, 6.07) is 3.31. The van der Waals surface area contributed by atoms with Crippen LogP contribution in [0.4, 0.5) is 26.3 Å². The molecule has 1 aromatic rings. The van der Waals surface area contributed by atoms with Crippen LogP contribution < -0.4 is 4.74 Å². The highest BCUT2D eigenvalue weighted by Crippen LogP contribution is 2.37. The number of aryl methyl sites for hydroxylation is 2. The molecule has 0 aliphatic heterocycles. The van der Waals surface area contributed by atoms with E-state index < -0.39 is 27.9 Å². The molecule has 0 aliphatic rings. The minimum atomic E-state index is -4.29. The minimum Gasteiger partial charge on any atom is -0.493 e. The summed E-state index contributed by atoms with van der Waals surface area (Å²) in [5.41, 5.74) is -2.74. The van der Waals surface area contributed by atoms with Crippen molar-refractivity contribution in [2.75, 3.05) is 18.1 Å². The molecule has 0 aromatic heterocycles. The summed E-state index contributed by atoms with van der Waals surface area (Å²) in [4.78, 5) is 0.491. The van der Waals surface area contributed by atoms with Crippen LogP contribution in [-0.2, 0) is 0 Å². The van der Waals surface area contributed by atoms with Crippen LogP contribution in [0.15, 0.2) is 17.0 Å². The first-order valence-corrected chi connectivity index (χ1v) is 9.96. The van der Waals surface area contributed by atoms with E-state index in [-0.39, 0.29) is 24.1 Å². The second-order valence-corrected chi connectivity index (χ2v) is 8.36. The Morgan fingerprint density at radius 1 is 1.04 bits per heavy atom. The summed E-state index contributed by atoms with van der Waals surface area (Å²) in [5, 5.41) is 0. The predicted octanol–water partition coefficient (Wildman–Crippen LogP) is 6.34. The quantitative estimate of drug-likeness (QED) is 0.283. The molecular formula is C16H20F6OS2. The highest BCUT2D eigenvalue weighted by atomic mass is 32.2. The number of thioether (sulfide) groups is 1. The van der Waals surface area contributed by atoms with E-state index in [1.54, 1.807) is 26.0 Å². The third-order valence-corrected chi connectivity index (χ3v) is 5.74. The molecule has 1 nitrogen and oxygen atoms in total. The van der Waals surface area contributed by atoms with Crippen molar-refractivity contribution in [3.8, 4) is 5.75 Å². The van der Waals surface area contributed by atoms with Crippen LogP contribution in [0.1, 0.15) is 24.0 Å². The first kappa shape index (κ1) is 22.2. The minimum absolute atomic E-state index is 0.0427. The molecule has 144 valence electrons. The molecule has 1 aromatic carbocycles. The lowest BCUT2D eigenvalue weighted by molar-refractivity contribution is -0.105. The van der Waals surface area contributed by atoms with Crippen molar-refractivity contribution in [3.05, 3.63) is 23.3 Å². The van der Waals surface area contributed by atoms with Crippen LogP contribution in [0.25, 0.3) is 0 Å². The van der Waals surface area contributed by atoms with Gasteiger partial charge in [0.05, 0.1) is 12.4 Å². The largest absolute Gasteiger partial charge is 0.493 e. The monoisotopic (exact) mass is 406 g/mol. The number of ether oxygens (including phenoxy) is 1. The topological polar surface area (TPSA) is 9.23 Å². The fourth-order valence-corrected chi connectivity index (χ4v) is 4.05. The molecule has 0 saturated carbocycles. The van der Waals surface area contributed by atoms with Gasteiger partial charge in [-0.3, -0.25) is 0 Å². The average Bonchev–Trinajstić information content (AvgIpc) is 2.41. The van der Waals surface area contributed by atoms with Gasteiger partial charge in [0.25, 0.3) is 0 Å². The van der Waals surface area contributed by atoms with E-state index in [1.807, 2.05) is 0 Å². The van der Waals surface area contributed by atoms with Crippen LogP contribution >= 0.6 is 22.2 Å². The zero-order valence-electron chi connectivity index (χ0n) is 13.9. The van der Waals surface area contributed by atoms with Crippen LogP contribution in [0.5, 0.6) is 5.75 Å². The van der Waals surface area contributed by atoms with Gasteiger partial charge in [0.2, 0.25) is 0 Å². The Balaban J connectivity index is 2.62. The van der Waals surface area contributed by atoms with Gasteiger partial charge in [-0.1, -0.05) is 23.7 Å². The fourth-order valence-electron chi connectivity index (χ4n) is 2.13. The highest BCUT2D eigenvalue weighted by molar-refractivity contribution is 8.14. The molecule has 0 N–H and O–H groups in total. The number of alkyl halides is 6. The number of hydrogen-bond donors (Lipinski definition) is 0. The smallest absolute Gasteiger partial charge is 0.441 e. The molecule has 0 fully saturated rings. The number of benzene rings is 1. The van der Waals surface area contributed by atoms with E-state index in [1.165, 1.54) is 0 Å². The molecule has 0 bridgehead atoms. The van der Waals surface area contributed by atoms with Gasteiger partial charge in [0.15, 0.2) is 0 Å². The van der Waals surface area contributed by atoms with E-state index in [9.17, 15) is 26.3 Å². The van der Waals surface area contributed by atoms with E-state index in [2.05, 4.69) is 5.87 Å². The van der Waals surface area contributed by atoms with Gasteiger partial charge >= 0.3 is 11.7 Å². The van der Waals surface area contributed by atoms with Crippen molar-refractivity contribution < 1.29 is 31.1 Å². The highest BCUT2D eigenvalue weighted by Gasteiger charge is 2.29. The zero-order valence-corrected chi connectivity index (χ0v) is 15.5. The summed E-state index contributed by atoms with van der Waals surface area (Å²) >= 11 is -0.0727. The number of hydrogen-bond acceptors (Lipinski definition) is 2. The first-order valence-electron chi connectivity index (χ1n) is 7.41. The zero-order chi connectivity index (χ0) is 19.3. The van der Waals surface area contributed by atoms with Crippen LogP contribution in [0, 0.1) is 13.8 Å². The van der Waals surface area contributed by atoms with Gasteiger partial charge < -0.3 is 4.74 Å². The van der Waals surface area contributed by atoms with Gasteiger partial charge in [0, 0.05) is 10.6 Å². The van der Waals surface area contributed by atoms with Gasteiger partial charge in [0.1, 0.15) is 5.75 Å². The van der Waals surface area contributed by atoms with Gasteiger partial charge in [-0.05, 0) is 43.9 Å². The molecule has 9 heteroatoms. The lowest BCUT2D eigenvalue weighted by Gasteiger charge is -2.17. The molecule has 0 radical (unpaired) electrons. The standard InChI is InChI=1S/C16H20F6OS2/c1-11-8-12(2)14(25(3)10-15(17,18)19)9-13(11)23-6-4-5-7-24-16(20,21)22/h8-9H,3-7,10H2,1-2H3. The average molecular weight is 406 g/mol. The maximum atomic E-state index is 12.6. The van der Waals surface area contributed by atoms with Crippen molar-refractivity contribution >= 4 is 28.1 Å². The molecule has 1 atom stereocenters. The second kappa shape index (κ2) is 9.21. The molecule has 0 amide bonds. The second-order valence-electron chi connectivity index (χ2n) is 5.49. The lowest BCUT2D eigenvalue weighted by Crippen LogP contribution is -2.12. The maximum absolute atomic E-state index is 12.6. The first-order chi connectivity index (χ1) is 11.4. The molecule has 0 spiro atoms. The summed E-state index contributed by atoms with van der Waals surface area (Å²) in [6.45, 7) is 3.71. The van der Waals surface area contributed by atoms with Crippen molar-refractivity contribution in [1.82, 2.24) is 0 Å². The third-order valence-electron chi connectivity index (χ3n) is 3.18. The summed E-state index contributed by atoms with van der Waals surface area (Å²) in [7, 11) is -1.24. The van der Waals surface area contributed by atoms with E-state index in [0.717, 1.165) is 5.56 Å². The van der Waals surface area contributed by atoms with Crippen molar-refractivity contribution in [2.24, 2.45) is 0 Å². The summed E-state index contributed by atoms with van der Waals surface area (Å²) < 4.78 is 79.2. The van der Waals surface area contributed by atoms with Gasteiger partial charge in [-0.15, -0.1) is 0 Å². The maximum Gasteiger partial charge on any atom is 0.441 e. The van der Waals surface area contributed by atoms with Gasteiger partial charge in [-0.2, -0.15) is 36.8 Å². The predicted molar refractivity (Wildman–Crippen MR) is 93.1 cm³/mol. The molecule has 1 unspecified atom stereocenters. The van der Waals surface area contributed by atoms with Gasteiger partial charge in [-0.25, -0.2) is 0 Å². The van der Waals surface area contributed by atoms with E-state index >= 15 is 0 Å².